The first-order chi connectivity index (χ1) is 9.85. The van der Waals surface area contributed by atoms with E-state index in [1.165, 1.54) is 7.11 Å². The van der Waals surface area contributed by atoms with Crippen LogP contribution in [0.2, 0.25) is 0 Å². The molecule has 0 saturated heterocycles. The van der Waals surface area contributed by atoms with Crippen molar-refractivity contribution in [1.29, 1.82) is 0 Å². The maximum absolute atomic E-state index is 12.1. The van der Waals surface area contributed by atoms with Crippen molar-refractivity contribution in [1.82, 2.24) is 0 Å². The third-order valence-corrected chi connectivity index (χ3v) is 3.19. The fourth-order valence-electron chi connectivity index (χ4n) is 2.05. The zero-order valence-corrected chi connectivity index (χ0v) is 11.7. The van der Waals surface area contributed by atoms with Gasteiger partial charge in [0.05, 0.1) is 7.11 Å². The Morgan fingerprint density at radius 1 is 1.24 bits per heavy atom. The van der Waals surface area contributed by atoms with Gasteiger partial charge in [-0.1, -0.05) is 30.3 Å². The van der Waals surface area contributed by atoms with Crippen molar-refractivity contribution in [3.63, 3.8) is 0 Å². The Bertz CT molecular complexity index is 451. The Morgan fingerprint density at radius 3 is 2.33 bits per heavy atom. The van der Waals surface area contributed by atoms with E-state index >= 15 is 0 Å². The highest BCUT2D eigenvalue weighted by Gasteiger charge is 2.40. The van der Waals surface area contributed by atoms with E-state index in [0.717, 1.165) is 0 Å². The standard InChI is InChI=1S/C14H18F3NO3/c1-20-12(19)13(9-18,11-5-3-2-4-6-11)7-8-21-10-14(15,16)17/h2-6H,7-10,18H2,1H3. The van der Waals surface area contributed by atoms with Gasteiger partial charge in [0.1, 0.15) is 12.0 Å². The largest absolute Gasteiger partial charge is 0.468 e. The van der Waals surface area contributed by atoms with Crippen molar-refractivity contribution in [2.24, 2.45) is 5.73 Å². The lowest BCUT2D eigenvalue weighted by Crippen LogP contribution is -2.45. The lowest BCUT2D eigenvalue weighted by atomic mass is 9.78. The Balaban J connectivity index is 2.85. The molecule has 0 spiro atoms. The molecule has 0 aromatic heterocycles. The van der Waals surface area contributed by atoms with Crippen molar-refractivity contribution >= 4 is 5.97 Å². The second-order valence-electron chi connectivity index (χ2n) is 4.56. The third kappa shape index (κ3) is 4.71. The number of halogens is 3. The first-order valence-electron chi connectivity index (χ1n) is 6.34. The maximum atomic E-state index is 12.1. The summed E-state index contributed by atoms with van der Waals surface area (Å²) in [6, 6.07) is 8.59. The SMILES string of the molecule is COC(=O)C(CN)(CCOCC(F)(F)F)c1ccccc1. The zero-order chi connectivity index (χ0) is 15.9. The van der Waals surface area contributed by atoms with Gasteiger partial charge in [-0.3, -0.25) is 4.79 Å². The number of rotatable bonds is 7. The summed E-state index contributed by atoms with van der Waals surface area (Å²) in [5, 5.41) is 0. The molecule has 118 valence electrons. The van der Waals surface area contributed by atoms with Gasteiger partial charge >= 0.3 is 12.1 Å². The average Bonchev–Trinajstić information content (AvgIpc) is 2.47. The molecule has 0 heterocycles. The van der Waals surface area contributed by atoms with Gasteiger partial charge in [0.2, 0.25) is 0 Å². The van der Waals surface area contributed by atoms with Crippen LogP contribution >= 0.6 is 0 Å². The van der Waals surface area contributed by atoms with Crippen molar-refractivity contribution in [2.75, 3.05) is 26.9 Å². The summed E-state index contributed by atoms with van der Waals surface area (Å²) in [6.45, 7) is -1.69. The summed E-state index contributed by atoms with van der Waals surface area (Å²) in [5.41, 5.74) is 5.09. The molecular formula is C14H18F3NO3. The van der Waals surface area contributed by atoms with Gasteiger partial charge in [-0.25, -0.2) is 0 Å². The summed E-state index contributed by atoms with van der Waals surface area (Å²) in [4.78, 5) is 12.1. The van der Waals surface area contributed by atoms with E-state index in [9.17, 15) is 18.0 Å². The second-order valence-corrected chi connectivity index (χ2v) is 4.56. The lowest BCUT2D eigenvalue weighted by Gasteiger charge is -2.30. The summed E-state index contributed by atoms with van der Waals surface area (Å²) in [7, 11) is 1.21. The number of ether oxygens (including phenoxy) is 2. The number of benzene rings is 1. The van der Waals surface area contributed by atoms with Crippen molar-refractivity contribution in [3.8, 4) is 0 Å². The molecule has 0 fully saturated rings. The maximum Gasteiger partial charge on any atom is 0.411 e. The number of alkyl halides is 3. The minimum absolute atomic E-state index is 0.0102. The van der Waals surface area contributed by atoms with E-state index in [1.807, 2.05) is 0 Å². The molecule has 1 unspecified atom stereocenters. The highest BCUT2D eigenvalue weighted by Crippen LogP contribution is 2.29. The first-order valence-corrected chi connectivity index (χ1v) is 6.34. The molecule has 1 aromatic carbocycles. The summed E-state index contributed by atoms with van der Waals surface area (Å²) < 4.78 is 45.5. The topological polar surface area (TPSA) is 61.5 Å². The van der Waals surface area contributed by atoms with Crippen LogP contribution < -0.4 is 5.73 Å². The average molecular weight is 305 g/mol. The Morgan fingerprint density at radius 2 is 1.86 bits per heavy atom. The Labute approximate surface area is 121 Å². The molecule has 0 aliphatic rings. The third-order valence-electron chi connectivity index (χ3n) is 3.19. The molecule has 0 aliphatic heterocycles. The molecule has 0 radical (unpaired) electrons. The monoisotopic (exact) mass is 305 g/mol. The quantitative estimate of drug-likeness (QED) is 0.618. The Hall–Kier alpha value is -1.60. The van der Waals surface area contributed by atoms with Gasteiger partial charge in [-0.2, -0.15) is 13.2 Å². The van der Waals surface area contributed by atoms with E-state index in [1.54, 1.807) is 30.3 Å². The summed E-state index contributed by atoms with van der Waals surface area (Å²) >= 11 is 0. The molecule has 4 nitrogen and oxygen atoms in total. The highest BCUT2D eigenvalue weighted by atomic mass is 19.4. The molecule has 2 N–H and O–H groups in total. The normalized spacial score (nSPS) is 14.5. The van der Waals surface area contributed by atoms with Gasteiger partial charge in [0.15, 0.2) is 0 Å². The van der Waals surface area contributed by atoms with Crippen LogP contribution in [0.1, 0.15) is 12.0 Å². The molecule has 0 saturated carbocycles. The lowest BCUT2D eigenvalue weighted by molar-refractivity contribution is -0.175. The first kappa shape index (κ1) is 17.5. The van der Waals surface area contributed by atoms with Gasteiger partial charge in [0.25, 0.3) is 0 Å². The molecule has 0 bridgehead atoms. The molecule has 21 heavy (non-hydrogen) atoms. The van der Waals surface area contributed by atoms with E-state index in [0.29, 0.717) is 5.56 Å². The molecule has 0 aliphatic carbocycles. The fourth-order valence-corrected chi connectivity index (χ4v) is 2.05. The van der Waals surface area contributed by atoms with Gasteiger partial charge in [0, 0.05) is 13.2 Å². The number of hydrogen-bond donors (Lipinski definition) is 1. The molecule has 0 amide bonds. The van der Waals surface area contributed by atoms with E-state index in [4.69, 9.17) is 10.5 Å². The number of nitrogens with two attached hydrogens (primary N) is 1. The minimum atomic E-state index is -4.40. The second kappa shape index (κ2) is 7.42. The van der Waals surface area contributed by atoms with Crippen LogP contribution in [-0.2, 0) is 19.7 Å². The Kier molecular flexibility index (Phi) is 6.17. The van der Waals surface area contributed by atoms with Crippen LogP contribution in [0.5, 0.6) is 0 Å². The van der Waals surface area contributed by atoms with Gasteiger partial charge < -0.3 is 15.2 Å². The molecule has 7 heteroatoms. The van der Waals surface area contributed by atoms with Gasteiger partial charge in [-0.15, -0.1) is 0 Å². The van der Waals surface area contributed by atoms with Crippen LogP contribution in [0, 0.1) is 0 Å². The molecule has 1 rings (SSSR count). The van der Waals surface area contributed by atoms with E-state index in [2.05, 4.69) is 4.74 Å². The van der Waals surface area contributed by atoms with Crippen molar-refractivity contribution in [2.45, 2.75) is 18.0 Å². The predicted octanol–water partition coefficient (Wildman–Crippen LogP) is 2.03. The highest BCUT2D eigenvalue weighted by molar-refractivity contribution is 5.83. The fraction of sp³-hybridized carbons (Fsp3) is 0.500. The smallest absolute Gasteiger partial charge is 0.411 e. The van der Waals surface area contributed by atoms with E-state index in [-0.39, 0.29) is 19.6 Å². The molecule has 1 aromatic rings. The number of carbonyl (C=O) groups excluding carboxylic acids is 1. The van der Waals surface area contributed by atoms with E-state index < -0.39 is 24.2 Å². The van der Waals surface area contributed by atoms with Gasteiger partial charge in [-0.05, 0) is 12.0 Å². The van der Waals surface area contributed by atoms with Crippen LogP contribution in [0.4, 0.5) is 13.2 Å². The minimum Gasteiger partial charge on any atom is -0.468 e. The predicted molar refractivity (Wildman–Crippen MR) is 70.7 cm³/mol. The molecular weight excluding hydrogens is 287 g/mol. The summed E-state index contributed by atoms with van der Waals surface area (Å²) in [6.07, 6.45) is -4.39. The number of methoxy groups -OCH3 is 1. The van der Waals surface area contributed by atoms with Crippen LogP contribution in [0.3, 0.4) is 0 Å². The zero-order valence-electron chi connectivity index (χ0n) is 11.7. The number of carbonyl (C=O) groups is 1. The van der Waals surface area contributed by atoms with Crippen molar-refractivity contribution < 1.29 is 27.4 Å². The van der Waals surface area contributed by atoms with Crippen LogP contribution in [-0.4, -0.2) is 39.0 Å². The number of esters is 1. The number of hydrogen-bond acceptors (Lipinski definition) is 4. The van der Waals surface area contributed by atoms with Crippen LogP contribution in [0.15, 0.2) is 30.3 Å². The van der Waals surface area contributed by atoms with Crippen molar-refractivity contribution in [3.05, 3.63) is 35.9 Å². The van der Waals surface area contributed by atoms with Crippen LogP contribution in [0.25, 0.3) is 0 Å². The molecule has 1 atom stereocenters. The summed E-state index contributed by atoms with van der Waals surface area (Å²) in [5.74, 6) is -0.591.